The molecule has 0 atom stereocenters. The van der Waals surface area contributed by atoms with E-state index < -0.39 is 0 Å². The van der Waals surface area contributed by atoms with E-state index in [0.29, 0.717) is 10.8 Å². The molecule has 2 aromatic rings. The predicted octanol–water partition coefficient (Wildman–Crippen LogP) is 3.56. The highest BCUT2D eigenvalue weighted by atomic mass is 32.2. The molecule has 0 fully saturated rings. The molecule has 0 N–H and O–H groups in total. The van der Waals surface area contributed by atoms with Crippen LogP contribution in [0.3, 0.4) is 0 Å². The lowest BCUT2D eigenvalue weighted by atomic mass is 10.2. The number of hydrogen-bond acceptors (Lipinski definition) is 4. The molecule has 1 heterocycles. The summed E-state index contributed by atoms with van der Waals surface area (Å²) < 4.78 is 5.48. The number of rotatable bonds is 3. The van der Waals surface area contributed by atoms with Crippen molar-refractivity contribution in [2.75, 3.05) is 0 Å². The maximum atomic E-state index is 11.0. The summed E-state index contributed by atoms with van der Waals surface area (Å²) in [5, 5.41) is 0.576. The molecular weight excluding hydrogens is 234 g/mol. The smallest absolute Gasteiger partial charge is 0.261 e. The lowest BCUT2D eigenvalue weighted by molar-refractivity contribution is 0.112. The van der Waals surface area contributed by atoms with E-state index >= 15 is 0 Å². The third-order valence-electron chi connectivity index (χ3n) is 2.50. The third-order valence-corrected chi connectivity index (χ3v) is 3.44. The van der Waals surface area contributed by atoms with Crippen molar-refractivity contribution < 1.29 is 9.21 Å². The highest BCUT2D eigenvalue weighted by Gasteiger charge is 2.10. The second-order valence-electron chi connectivity index (χ2n) is 3.88. The van der Waals surface area contributed by atoms with Crippen molar-refractivity contribution in [3.63, 3.8) is 0 Å². The number of benzene rings is 1. The van der Waals surface area contributed by atoms with Gasteiger partial charge in [0.2, 0.25) is 0 Å². The molecule has 0 unspecified atom stereocenters. The molecule has 17 heavy (non-hydrogen) atoms. The van der Waals surface area contributed by atoms with E-state index in [1.54, 1.807) is 0 Å². The van der Waals surface area contributed by atoms with Gasteiger partial charge in [-0.25, -0.2) is 4.98 Å². The lowest BCUT2D eigenvalue weighted by Gasteiger charge is -2.02. The van der Waals surface area contributed by atoms with Gasteiger partial charge in [-0.3, -0.25) is 4.79 Å². The van der Waals surface area contributed by atoms with Crippen molar-refractivity contribution in [2.45, 2.75) is 30.9 Å². The minimum absolute atomic E-state index is 0.576. The zero-order chi connectivity index (χ0) is 12.4. The minimum atomic E-state index is 0.576. The second-order valence-corrected chi connectivity index (χ2v) is 4.88. The Morgan fingerprint density at radius 2 is 2.06 bits per heavy atom. The highest BCUT2D eigenvalue weighted by Crippen LogP contribution is 2.30. The number of carbonyl (C=O) groups is 1. The number of nitrogens with zero attached hydrogens (tertiary/aromatic N) is 1. The maximum absolute atomic E-state index is 11.0. The summed E-state index contributed by atoms with van der Waals surface area (Å²) in [6, 6.07) is 5.74. The second kappa shape index (κ2) is 4.75. The van der Waals surface area contributed by atoms with Crippen molar-refractivity contribution in [3.8, 4) is 0 Å². The number of hydrogen-bond donors (Lipinski definition) is 0. The molecule has 0 aliphatic rings. The zero-order valence-corrected chi connectivity index (χ0v) is 10.8. The summed E-state index contributed by atoms with van der Waals surface area (Å²) >= 11 is 1.37. The standard InChI is InChI=1S/C13H13NO2S/c1-8-4-5-12(11(6-8)7-15)17-13-14-9(2)10(3)16-13/h4-7H,1-3H3. The fourth-order valence-electron chi connectivity index (χ4n) is 1.43. The van der Waals surface area contributed by atoms with Gasteiger partial charge in [-0.2, -0.15) is 0 Å². The molecule has 0 aliphatic carbocycles. The average molecular weight is 247 g/mol. The Bertz CT molecular complexity index is 541. The van der Waals surface area contributed by atoms with Gasteiger partial charge in [-0.15, -0.1) is 0 Å². The first-order chi connectivity index (χ1) is 8.10. The van der Waals surface area contributed by atoms with Crippen LogP contribution in [0.1, 0.15) is 27.4 Å². The monoisotopic (exact) mass is 247 g/mol. The molecule has 0 aliphatic heterocycles. The van der Waals surface area contributed by atoms with Crippen molar-refractivity contribution in [3.05, 3.63) is 40.8 Å². The lowest BCUT2D eigenvalue weighted by Crippen LogP contribution is -1.86. The summed E-state index contributed by atoms with van der Waals surface area (Å²) in [6.45, 7) is 5.74. The van der Waals surface area contributed by atoms with Gasteiger partial charge in [0.1, 0.15) is 5.76 Å². The Balaban J connectivity index is 2.32. The first-order valence-corrected chi connectivity index (χ1v) is 6.09. The van der Waals surface area contributed by atoms with Gasteiger partial charge >= 0.3 is 0 Å². The molecular formula is C13H13NO2S. The van der Waals surface area contributed by atoms with Gasteiger partial charge in [-0.1, -0.05) is 11.6 Å². The van der Waals surface area contributed by atoms with Crippen LogP contribution in [0.2, 0.25) is 0 Å². The molecule has 0 amide bonds. The van der Waals surface area contributed by atoms with Gasteiger partial charge in [0.15, 0.2) is 6.29 Å². The Morgan fingerprint density at radius 1 is 1.29 bits per heavy atom. The van der Waals surface area contributed by atoms with Gasteiger partial charge in [-0.05, 0) is 44.7 Å². The van der Waals surface area contributed by atoms with Crippen LogP contribution >= 0.6 is 11.8 Å². The summed E-state index contributed by atoms with van der Waals surface area (Å²) in [4.78, 5) is 16.1. The van der Waals surface area contributed by atoms with Crippen LogP contribution in [0.15, 0.2) is 32.7 Å². The van der Waals surface area contributed by atoms with Crippen LogP contribution in [0.5, 0.6) is 0 Å². The molecule has 1 aromatic heterocycles. The van der Waals surface area contributed by atoms with Crippen LogP contribution in [0.25, 0.3) is 0 Å². The van der Waals surface area contributed by atoms with E-state index in [2.05, 4.69) is 4.98 Å². The molecule has 0 bridgehead atoms. The molecule has 4 heteroatoms. The summed E-state index contributed by atoms with van der Waals surface area (Å²) in [7, 11) is 0. The van der Waals surface area contributed by atoms with Crippen molar-refractivity contribution in [1.82, 2.24) is 4.98 Å². The SMILES string of the molecule is Cc1ccc(Sc2nc(C)c(C)o2)c(C=O)c1. The highest BCUT2D eigenvalue weighted by molar-refractivity contribution is 7.99. The maximum Gasteiger partial charge on any atom is 0.261 e. The van der Waals surface area contributed by atoms with Gasteiger partial charge in [0.05, 0.1) is 5.69 Å². The van der Waals surface area contributed by atoms with Crippen LogP contribution < -0.4 is 0 Å². The summed E-state index contributed by atoms with van der Waals surface area (Å²) in [5.74, 6) is 0.812. The molecule has 2 rings (SSSR count). The van der Waals surface area contributed by atoms with Crippen molar-refractivity contribution in [1.29, 1.82) is 0 Å². The average Bonchev–Trinajstić information content (AvgIpc) is 2.60. The molecule has 0 spiro atoms. The Hall–Kier alpha value is -1.55. The van der Waals surface area contributed by atoms with Crippen LogP contribution in [0, 0.1) is 20.8 Å². The first kappa shape index (κ1) is 11.9. The predicted molar refractivity (Wildman–Crippen MR) is 66.7 cm³/mol. The van der Waals surface area contributed by atoms with E-state index in [9.17, 15) is 4.79 Å². The molecule has 0 radical (unpaired) electrons. The fraction of sp³-hybridized carbons (Fsp3) is 0.231. The minimum Gasteiger partial charge on any atom is -0.436 e. The normalized spacial score (nSPS) is 10.5. The van der Waals surface area contributed by atoms with Crippen LogP contribution in [-0.2, 0) is 0 Å². The van der Waals surface area contributed by atoms with Crippen LogP contribution in [0.4, 0.5) is 0 Å². The number of aromatic nitrogens is 1. The molecule has 3 nitrogen and oxygen atoms in total. The quantitative estimate of drug-likeness (QED) is 0.778. The Morgan fingerprint density at radius 3 is 2.65 bits per heavy atom. The Labute approximate surface area is 104 Å². The first-order valence-electron chi connectivity index (χ1n) is 5.28. The van der Waals surface area contributed by atoms with Gasteiger partial charge < -0.3 is 4.42 Å². The number of oxazole rings is 1. The summed E-state index contributed by atoms with van der Waals surface area (Å²) in [5.41, 5.74) is 2.62. The molecule has 1 aromatic carbocycles. The number of aldehydes is 1. The molecule has 0 saturated heterocycles. The number of aryl methyl sites for hydroxylation is 3. The van der Waals surface area contributed by atoms with Crippen molar-refractivity contribution in [2.24, 2.45) is 0 Å². The topological polar surface area (TPSA) is 43.1 Å². The van der Waals surface area contributed by atoms with Gasteiger partial charge in [0.25, 0.3) is 5.22 Å². The van der Waals surface area contributed by atoms with Crippen molar-refractivity contribution >= 4 is 18.0 Å². The fourth-order valence-corrected chi connectivity index (χ4v) is 2.33. The Kier molecular flexibility index (Phi) is 3.33. The van der Waals surface area contributed by atoms with E-state index in [0.717, 1.165) is 28.2 Å². The van der Waals surface area contributed by atoms with E-state index in [4.69, 9.17) is 4.42 Å². The van der Waals surface area contributed by atoms with E-state index in [1.165, 1.54) is 11.8 Å². The van der Waals surface area contributed by atoms with Gasteiger partial charge in [0, 0.05) is 10.5 Å². The molecule has 88 valence electrons. The molecule has 0 saturated carbocycles. The zero-order valence-electron chi connectivity index (χ0n) is 9.98. The van der Waals surface area contributed by atoms with E-state index in [-0.39, 0.29) is 0 Å². The van der Waals surface area contributed by atoms with Crippen LogP contribution in [-0.4, -0.2) is 11.3 Å². The van der Waals surface area contributed by atoms with E-state index in [1.807, 2.05) is 39.0 Å². The largest absolute Gasteiger partial charge is 0.436 e. The number of carbonyl (C=O) groups excluding carboxylic acids is 1. The summed E-state index contributed by atoms with van der Waals surface area (Å²) in [6.07, 6.45) is 0.859. The third kappa shape index (κ3) is 2.58.